The van der Waals surface area contributed by atoms with Crippen LogP contribution in [-0.2, 0) is 4.79 Å². The third-order valence-electron chi connectivity index (χ3n) is 1.40. The first-order valence-electron chi connectivity index (χ1n) is 3.04. The Bertz CT molecular complexity index is 216. The zero-order valence-electron chi connectivity index (χ0n) is 5.70. The minimum Gasteiger partial charge on any atom is -0.469 e. The topological polar surface area (TPSA) is 56.2 Å². The van der Waals surface area contributed by atoms with Crippen LogP contribution in [0.4, 0.5) is 0 Å². The Labute approximate surface area is 58.8 Å². The number of carbonyl (C=O) groups is 1. The van der Waals surface area contributed by atoms with Gasteiger partial charge in [-0.3, -0.25) is 4.79 Å². The summed E-state index contributed by atoms with van der Waals surface area (Å²) in [5.74, 6) is -0.0718. The van der Waals surface area contributed by atoms with E-state index in [1.165, 1.54) is 6.26 Å². The van der Waals surface area contributed by atoms with Crippen LogP contribution >= 0.6 is 0 Å². The molecule has 2 N–H and O–H groups in total. The van der Waals surface area contributed by atoms with E-state index in [-0.39, 0.29) is 11.8 Å². The number of amides is 1. The van der Waals surface area contributed by atoms with Crippen LogP contribution in [0.3, 0.4) is 0 Å². The van der Waals surface area contributed by atoms with E-state index in [0.29, 0.717) is 5.76 Å². The van der Waals surface area contributed by atoms with Crippen LogP contribution in [0.2, 0.25) is 0 Å². The molecule has 54 valence electrons. The van der Waals surface area contributed by atoms with Crippen molar-refractivity contribution in [2.45, 2.75) is 12.8 Å². The first-order chi connectivity index (χ1) is 4.72. The maximum Gasteiger partial charge on any atom is 0.227 e. The molecule has 0 radical (unpaired) electrons. The third-order valence-corrected chi connectivity index (χ3v) is 1.40. The van der Waals surface area contributed by atoms with Crippen LogP contribution in [0.5, 0.6) is 0 Å². The lowest BCUT2D eigenvalue weighted by molar-refractivity contribution is -0.119. The van der Waals surface area contributed by atoms with Gasteiger partial charge in [-0.1, -0.05) is 0 Å². The standard InChI is InChI=1S/C7H9NO2/c1-5(7(8)9)6-3-2-4-10-6/h2-5H,1H3,(H2,8,9). The van der Waals surface area contributed by atoms with Crippen molar-refractivity contribution in [3.8, 4) is 0 Å². The van der Waals surface area contributed by atoms with Gasteiger partial charge in [-0.2, -0.15) is 0 Å². The average molecular weight is 139 g/mol. The van der Waals surface area contributed by atoms with Crippen LogP contribution in [0.15, 0.2) is 22.8 Å². The Morgan fingerprint density at radius 1 is 1.80 bits per heavy atom. The van der Waals surface area contributed by atoms with Gasteiger partial charge in [-0.05, 0) is 19.1 Å². The van der Waals surface area contributed by atoms with E-state index in [0.717, 1.165) is 0 Å². The Hall–Kier alpha value is -1.25. The molecule has 0 aliphatic carbocycles. The summed E-state index contributed by atoms with van der Waals surface area (Å²) >= 11 is 0. The predicted molar refractivity (Wildman–Crippen MR) is 36.3 cm³/mol. The van der Waals surface area contributed by atoms with Crippen molar-refractivity contribution >= 4 is 5.91 Å². The first-order valence-corrected chi connectivity index (χ1v) is 3.04. The molecule has 1 unspecified atom stereocenters. The van der Waals surface area contributed by atoms with E-state index < -0.39 is 0 Å². The summed E-state index contributed by atoms with van der Waals surface area (Å²) < 4.78 is 4.96. The molecule has 1 rings (SSSR count). The second-order valence-electron chi connectivity index (χ2n) is 2.14. The first kappa shape index (κ1) is 6.86. The second kappa shape index (κ2) is 2.56. The lowest BCUT2D eigenvalue weighted by atomic mass is 10.1. The molecular formula is C7H9NO2. The molecule has 0 saturated heterocycles. The van der Waals surface area contributed by atoms with Gasteiger partial charge in [-0.25, -0.2) is 0 Å². The average Bonchev–Trinajstić information content (AvgIpc) is 2.36. The molecule has 0 fully saturated rings. The monoisotopic (exact) mass is 139 g/mol. The molecule has 1 heterocycles. The minimum absolute atomic E-state index is 0.324. The molecule has 3 heteroatoms. The van der Waals surface area contributed by atoms with E-state index in [9.17, 15) is 4.79 Å². The molecule has 3 nitrogen and oxygen atoms in total. The molecule has 0 aliphatic rings. The van der Waals surface area contributed by atoms with Gasteiger partial charge in [0.05, 0.1) is 12.2 Å². The molecule has 0 aliphatic heterocycles. The van der Waals surface area contributed by atoms with Crippen LogP contribution in [0.25, 0.3) is 0 Å². The van der Waals surface area contributed by atoms with Gasteiger partial charge < -0.3 is 10.2 Å². The van der Waals surface area contributed by atoms with Gasteiger partial charge in [0.15, 0.2) is 0 Å². The summed E-state index contributed by atoms with van der Waals surface area (Å²) in [7, 11) is 0. The van der Waals surface area contributed by atoms with Gasteiger partial charge in [0.1, 0.15) is 5.76 Å². The van der Waals surface area contributed by atoms with Crippen LogP contribution in [0.1, 0.15) is 18.6 Å². The molecule has 0 bridgehead atoms. The van der Waals surface area contributed by atoms with Crippen molar-refractivity contribution in [1.29, 1.82) is 0 Å². The summed E-state index contributed by atoms with van der Waals surface area (Å²) in [6.45, 7) is 1.71. The smallest absolute Gasteiger partial charge is 0.227 e. The van der Waals surface area contributed by atoms with E-state index >= 15 is 0 Å². The highest BCUT2D eigenvalue weighted by Gasteiger charge is 2.12. The number of furan rings is 1. The molecule has 1 aromatic rings. The van der Waals surface area contributed by atoms with Gasteiger partial charge in [0.25, 0.3) is 0 Å². The van der Waals surface area contributed by atoms with Crippen molar-refractivity contribution in [2.75, 3.05) is 0 Å². The lowest BCUT2D eigenvalue weighted by Gasteiger charge is -2.00. The Kier molecular flexibility index (Phi) is 1.76. The number of hydrogen-bond acceptors (Lipinski definition) is 2. The summed E-state index contributed by atoms with van der Waals surface area (Å²) in [5, 5.41) is 0. The molecular weight excluding hydrogens is 130 g/mol. The Balaban J connectivity index is 2.77. The Morgan fingerprint density at radius 3 is 2.90 bits per heavy atom. The molecule has 1 atom stereocenters. The van der Waals surface area contributed by atoms with Crippen molar-refractivity contribution < 1.29 is 9.21 Å². The van der Waals surface area contributed by atoms with Crippen LogP contribution < -0.4 is 5.73 Å². The zero-order chi connectivity index (χ0) is 7.56. The lowest BCUT2D eigenvalue weighted by Crippen LogP contribution is -2.18. The largest absolute Gasteiger partial charge is 0.469 e. The van der Waals surface area contributed by atoms with Gasteiger partial charge in [0.2, 0.25) is 5.91 Å². The Morgan fingerprint density at radius 2 is 2.50 bits per heavy atom. The summed E-state index contributed by atoms with van der Waals surface area (Å²) in [4.78, 5) is 10.6. The van der Waals surface area contributed by atoms with E-state index in [4.69, 9.17) is 10.2 Å². The maximum atomic E-state index is 10.6. The maximum absolute atomic E-state index is 10.6. The molecule has 1 amide bonds. The fraction of sp³-hybridized carbons (Fsp3) is 0.286. The van der Waals surface area contributed by atoms with Gasteiger partial charge in [0, 0.05) is 0 Å². The number of carbonyl (C=O) groups excluding carboxylic acids is 1. The third kappa shape index (κ3) is 1.18. The molecule has 0 saturated carbocycles. The zero-order valence-corrected chi connectivity index (χ0v) is 5.70. The highest BCUT2D eigenvalue weighted by molar-refractivity contribution is 5.80. The quantitative estimate of drug-likeness (QED) is 0.660. The SMILES string of the molecule is CC(C(N)=O)c1ccco1. The number of primary amides is 1. The number of hydrogen-bond donors (Lipinski definition) is 1. The summed E-state index contributed by atoms with van der Waals surface area (Å²) in [5.41, 5.74) is 5.03. The summed E-state index contributed by atoms with van der Waals surface area (Å²) in [6.07, 6.45) is 1.52. The molecule has 0 spiro atoms. The van der Waals surface area contributed by atoms with Crippen molar-refractivity contribution in [3.63, 3.8) is 0 Å². The predicted octanol–water partition coefficient (Wildman–Crippen LogP) is 0.868. The molecule has 1 aromatic heterocycles. The molecule has 10 heavy (non-hydrogen) atoms. The van der Waals surface area contributed by atoms with E-state index in [2.05, 4.69) is 0 Å². The normalized spacial score (nSPS) is 12.9. The fourth-order valence-corrected chi connectivity index (χ4v) is 0.678. The van der Waals surface area contributed by atoms with Crippen LogP contribution in [-0.4, -0.2) is 5.91 Å². The van der Waals surface area contributed by atoms with Gasteiger partial charge >= 0.3 is 0 Å². The van der Waals surface area contributed by atoms with Crippen molar-refractivity contribution in [1.82, 2.24) is 0 Å². The number of rotatable bonds is 2. The highest BCUT2D eigenvalue weighted by Crippen LogP contribution is 2.13. The van der Waals surface area contributed by atoms with Crippen LogP contribution in [0, 0.1) is 0 Å². The van der Waals surface area contributed by atoms with Crippen molar-refractivity contribution in [3.05, 3.63) is 24.2 Å². The molecule has 0 aromatic carbocycles. The van der Waals surface area contributed by atoms with Crippen molar-refractivity contribution in [2.24, 2.45) is 5.73 Å². The number of nitrogens with two attached hydrogens (primary N) is 1. The van der Waals surface area contributed by atoms with Gasteiger partial charge in [-0.15, -0.1) is 0 Å². The minimum atomic E-state index is -0.366. The van der Waals surface area contributed by atoms with E-state index in [1.807, 2.05) is 0 Å². The second-order valence-corrected chi connectivity index (χ2v) is 2.14. The summed E-state index contributed by atoms with van der Waals surface area (Å²) in [6, 6.07) is 3.46. The highest BCUT2D eigenvalue weighted by atomic mass is 16.3. The van der Waals surface area contributed by atoms with E-state index in [1.54, 1.807) is 19.1 Å². The fourth-order valence-electron chi connectivity index (χ4n) is 0.678.